The van der Waals surface area contributed by atoms with Crippen molar-refractivity contribution in [1.29, 1.82) is 0 Å². The summed E-state index contributed by atoms with van der Waals surface area (Å²) in [6.07, 6.45) is 85.0. The predicted molar refractivity (Wildman–Crippen MR) is 338 cm³/mol. The predicted octanol–water partition coefficient (Wildman–Crippen LogP) is 22.3. The van der Waals surface area contributed by atoms with E-state index in [9.17, 15) is 19.8 Å². The highest BCUT2D eigenvalue weighted by Crippen LogP contribution is 2.18. The normalized spacial score (nSPS) is 12.7. The smallest absolute Gasteiger partial charge is 0.305 e. The van der Waals surface area contributed by atoms with Gasteiger partial charge in [0.15, 0.2) is 0 Å². The molecule has 0 aliphatic rings. The van der Waals surface area contributed by atoms with E-state index in [4.69, 9.17) is 4.74 Å². The highest BCUT2D eigenvalue weighted by atomic mass is 16.5. The Labute approximate surface area is 481 Å². The fourth-order valence-electron chi connectivity index (χ4n) is 10.8. The van der Waals surface area contributed by atoms with Crippen LogP contribution in [0.25, 0.3) is 0 Å². The zero-order valence-corrected chi connectivity index (χ0v) is 52.0. The van der Waals surface area contributed by atoms with Gasteiger partial charge in [-0.15, -0.1) is 0 Å². The monoisotopic (exact) mass is 1080 g/mol. The van der Waals surface area contributed by atoms with Crippen molar-refractivity contribution in [2.75, 3.05) is 13.2 Å². The Morgan fingerprint density at radius 1 is 0.351 bits per heavy atom. The molecule has 2 atom stereocenters. The lowest BCUT2D eigenvalue weighted by Crippen LogP contribution is -2.45. The summed E-state index contributed by atoms with van der Waals surface area (Å²) >= 11 is 0. The molecule has 0 radical (unpaired) electrons. The third-order valence-electron chi connectivity index (χ3n) is 16.1. The summed E-state index contributed by atoms with van der Waals surface area (Å²) in [6, 6.07) is -0.632. The Morgan fingerprint density at radius 2 is 0.610 bits per heavy atom. The number of hydrogen-bond donors (Lipinski definition) is 3. The Kier molecular flexibility index (Phi) is 64.9. The minimum absolute atomic E-state index is 0.00325. The molecule has 0 aromatic carbocycles. The molecule has 6 nitrogen and oxygen atoms in total. The molecular weight excluding hydrogens is 947 g/mol. The lowest BCUT2D eigenvalue weighted by atomic mass is 10.0. The van der Waals surface area contributed by atoms with Crippen LogP contribution in [-0.4, -0.2) is 47.4 Å². The lowest BCUT2D eigenvalue weighted by Gasteiger charge is -2.20. The third-order valence-corrected chi connectivity index (χ3v) is 16.1. The van der Waals surface area contributed by atoms with Gasteiger partial charge in [0, 0.05) is 12.8 Å². The molecule has 0 aliphatic carbocycles. The number of rotatable bonds is 65. The van der Waals surface area contributed by atoms with Crippen LogP contribution in [-0.2, 0) is 14.3 Å². The van der Waals surface area contributed by atoms with Crippen LogP contribution in [0, 0.1) is 0 Å². The highest BCUT2D eigenvalue weighted by Gasteiger charge is 2.18. The van der Waals surface area contributed by atoms with Gasteiger partial charge >= 0.3 is 5.97 Å². The zero-order valence-electron chi connectivity index (χ0n) is 52.0. The SMILES string of the molecule is CCCCC/C=C\CCCCCCCC(=O)OCCCCCCCCCCCCCC/C=C\CCCCCCCCCCCC(=O)NC(CO)C(O)/C=C/CCCCCCCCCCCCCCCCCCCCCCC. The summed E-state index contributed by atoms with van der Waals surface area (Å²) in [6.45, 7) is 4.91. The number of aliphatic hydroxyl groups is 2. The molecule has 2 unspecified atom stereocenters. The van der Waals surface area contributed by atoms with Crippen LogP contribution in [0.5, 0.6) is 0 Å². The van der Waals surface area contributed by atoms with Crippen LogP contribution in [0.2, 0.25) is 0 Å². The molecule has 0 saturated heterocycles. The standard InChI is InChI=1S/C71H135NO5/c1-3-5-7-9-11-13-15-17-18-19-20-21-25-28-31-34-37-40-43-47-51-55-59-63-69(74)68(67-73)72-70(75)64-60-56-52-48-44-41-38-35-32-29-26-23-22-24-27-30-33-36-39-42-46-50-54-58-62-66-77-71(76)65-61-57-53-49-45-16-14-12-10-8-6-4-2/h12,14,23,26,59,63,68-69,73-74H,3-11,13,15-22,24-25,27-58,60-62,64-67H2,1-2H3,(H,72,75)/b14-12-,26-23-,63-59+. The maximum atomic E-state index is 12.5. The maximum absolute atomic E-state index is 12.5. The molecule has 0 saturated carbocycles. The van der Waals surface area contributed by atoms with Crippen molar-refractivity contribution < 1.29 is 24.5 Å². The maximum Gasteiger partial charge on any atom is 0.305 e. The van der Waals surface area contributed by atoms with Crippen molar-refractivity contribution in [3.8, 4) is 0 Å². The lowest BCUT2D eigenvalue weighted by molar-refractivity contribution is -0.143. The first kappa shape index (κ1) is 75.1. The Bertz CT molecular complexity index is 1250. The van der Waals surface area contributed by atoms with Gasteiger partial charge < -0.3 is 20.3 Å². The van der Waals surface area contributed by atoms with E-state index in [2.05, 4.69) is 43.5 Å². The van der Waals surface area contributed by atoms with Gasteiger partial charge in [-0.05, 0) is 83.5 Å². The fourth-order valence-corrected chi connectivity index (χ4v) is 10.8. The van der Waals surface area contributed by atoms with E-state index in [1.54, 1.807) is 6.08 Å². The molecule has 3 N–H and O–H groups in total. The molecule has 6 heteroatoms. The molecule has 454 valence electrons. The summed E-state index contributed by atoms with van der Waals surface area (Å²) in [5.41, 5.74) is 0. The average molecular weight is 1080 g/mol. The van der Waals surface area contributed by atoms with Crippen LogP contribution >= 0.6 is 0 Å². The van der Waals surface area contributed by atoms with E-state index >= 15 is 0 Å². The summed E-state index contributed by atoms with van der Waals surface area (Å²) in [5.74, 6) is -0.0642. The molecular formula is C71H135NO5. The molecule has 0 rings (SSSR count). The van der Waals surface area contributed by atoms with Crippen molar-refractivity contribution in [3.63, 3.8) is 0 Å². The van der Waals surface area contributed by atoms with Gasteiger partial charge in [-0.3, -0.25) is 9.59 Å². The number of ether oxygens (including phenoxy) is 1. The number of unbranched alkanes of at least 4 members (excludes halogenated alkanes) is 50. The van der Waals surface area contributed by atoms with Crippen LogP contribution in [0.3, 0.4) is 0 Å². The number of hydrogen-bond acceptors (Lipinski definition) is 5. The van der Waals surface area contributed by atoms with Gasteiger partial charge in [0.05, 0.1) is 25.4 Å². The third kappa shape index (κ3) is 63.1. The van der Waals surface area contributed by atoms with Crippen LogP contribution in [0.15, 0.2) is 36.5 Å². The molecule has 0 bridgehead atoms. The first-order chi connectivity index (χ1) is 38.0. The number of aliphatic hydroxyl groups excluding tert-OH is 2. The molecule has 0 spiro atoms. The largest absolute Gasteiger partial charge is 0.466 e. The summed E-state index contributed by atoms with van der Waals surface area (Å²) < 4.78 is 5.47. The van der Waals surface area contributed by atoms with E-state index < -0.39 is 12.1 Å². The summed E-state index contributed by atoms with van der Waals surface area (Å²) in [7, 11) is 0. The van der Waals surface area contributed by atoms with Gasteiger partial charge in [-0.25, -0.2) is 0 Å². The number of esters is 1. The minimum atomic E-state index is -0.848. The van der Waals surface area contributed by atoms with Gasteiger partial charge in [-0.1, -0.05) is 320 Å². The van der Waals surface area contributed by atoms with Gasteiger partial charge in [0.2, 0.25) is 5.91 Å². The molecule has 0 aromatic rings. The second kappa shape index (κ2) is 66.6. The Hall–Kier alpha value is -1.92. The highest BCUT2D eigenvalue weighted by molar-refractivity contribution is 5.76. The quantitative estimate of drug-likeness (QED) is 0.0320. The van der Waals surface area contributed by atoms with Crippen molar-refractivity contribution in [1.82, 2.24) is 5.32 Å². The molecule has 77 heavy (non-hydrogen) atoms. The summed E-state index contributed by atoms with van der Waals surface area (Å²) in [4.78, 5) is 24.5. The van der Waals surface area contributed by atoms with E-state index in [1.807, 2.05) is 6.08 Å². The number of amides is 1. The van der Waals surface area contributed by atoms with Crippen molar-refractivity contribution in [3.05, 3.63) is 36.5 Å². The Balaban J connectivity index is 3.43. The molecule has 0 aliphatic heterocycles. The second-order valence-corrected chi connectivity index (χ2v) is 23.9. The van der Waals surface area contributed by atoms with Crippen molar-refractivity contribution in [2.45, 2.75) is 392 Å². The molecule has 0 heterocycles. The molecule has 1 amide bonds. The van der Waals surface area contributed by atoms with E-state index in [1.165, 1.54) is 308 Å². The van der Waals surface area contributed by atoms with Crippen LogP contribution in [0.4, 0.5) is 0 Å². The van der Waals surface area contributed by atoms with Gasteiger partial charge in [-0.2, -0.15) is 0 Å². The number of carbonyl (C=O) groups excluding carboxylic acids is 2. The number of allylic oxidation sites excluding steroid dienone is 5. The minimum Gasteiger partial charge on any atom is -0.466 e. The molecule has 0 aromatic heterocycles. The van der Waals surface area contributed by atoms with Crippen molar-refractivity contribution >= 4 is 11.9 Å². The first-order valence-corrected chi connectivity index (χ1v) is 34.8. The van der Waals surface area contributed by atoms with E-state index in [0.717, 1.165) is 44.9 Å². The summed E-state index contributed by atoms with van der Waals surface area (Å²) in [5, 5.41) is 23.3. The number of carbonyl (C=O) groups is 2. The fraction of sp³-hybridized carbons (Fsp3) is 0.887. The van der Waals surface area contributed by atoms with Gasteiger partial charge in [0.25, 0.3) is 0 Å². The Morgan fingerprint density at radius 3 is 0.948 bits per heavy atom. The van der Waals surface area contributed by atoms with Crippen molar-refractivity contribution in [2.24, 2.45) is 0 Å². The van der Waals surface area contributed by atoms with E-state index in [0.29, 0.717) is 19.4 Å². The van der Waals surface area contributed by atoms with Crippen LogP contribution in [0.1, 0.15) is 380 Å². The molecule has 0 fully saturated rings. The first-order valence-electron chi connectivity index (χ1n) is 34.8. The topological polar surface area (TPSA) is 95.9 Å². The zero-order chi connectivity index (χ0) is 55.7. The van der Waals surface area contributed by atoms with E-state index in [-0.39, 0.29) is 18.5 Å². The number of nitrogens with one attached hydrogen (secondary N) is 1. The van der Waals surface area contributed by atoms with Crippen LogP contribution < -0.4 is 5.32 Å². The second-order valence-electron chi connectivity index (χ2n) is 23.9. The average Bonchev–Trinajstić information content (AvgIpc) is 3.43. The van der Waals surface area contributed by atoms with Gasteiger partial charge in [0.1, 0.15) is 0 Å².